The molecule has 0 fully saturated rings. The van der Waals surface area contributed by atoms with Crippen molar-refractivity contribution in [2.24, 2.45) is 5.41 Å². The van der Waals surface area contributed by atoms with Crippen molar-refractivity contribution in [2.45, 2.75) is 26.2 Å². The van der Waals surface area contributed by atoms with Gasteiger partial charge in [-0.2, -0.15) is 0 Å². The Morgan fingerprint density at radius 3 is 2.28 bits per heavy atom. The fraction of sp³-hybridized carbons (Fsp3) is 0.222. The van der Waals surface area contributed by atoms with Crippen LogP contribution in [0.25, 0.3) is 5.57 Å². The van der Waals surface area contributed by atoms with Crippen molar-refractivity contribution in [3.8, 4) is 0 Å². The molecule has 2 aliphatic rings. The fourth-order valence-electron chi connectivity index (χ4n) is 5.16. The number of hydrogen-bond acceptors (Lipinski definition) is 1. The zero-order valence-electron chi connectivity index (χ0n) is 17.0. The summed E-state index contributed by atoms with van der Waals surface area (Å²) in [5, 5.41) is 0. The maximum Gasteiger partial charge on any atom is 0.237 e. The first kappa shape index (κ1) is 17.9. The fourth-order valence-corrected chi connectivity index (χ4v) is 5.16. The molecule has 0 radical (unpaired) electrons. The van der Waals surface area contributed by atoms with Crippen LogP contribution in [0.5, 0.6) is 0 Å². The number of hydrogen-bond donors (Lipinski definition) is 0. The van der Waals surface area contributed by atoms with Gasteiger partial charge in [0.15, 0.2) is 0 Å². The van der Waals surface area contributed by atoms with Crippen LogP contribution in [0.3, 0.4) is 0 Å². The summed E-state index contributed by atoms with van der Waals surface area (Å²) in [6.07, 6.45) is 2.62. The van der Waals surface area contributed by atoms with E-state index in [2.05, 4.69) is 73.7 Å². The molecule has 2 nitrogen and oxygen atoms in total. The van der Waals surface area contributed by atoms with E-state index in [9.17, 15) is 4.79 Å². The van der Waals surface area contributed by atoms with Gasteiger partial charge in [0.05, 0.1) is 11.1 Å². The van der Waals surface area contributed by atoms with E-state index < -0.39 is 5.41 Å². The smallest absolute Gasteiger partial charge is 0.237 e. The molecular formula is C27H25NO. The molecule has 1 aliphatic heterocycles. The zero-order valence-corrected chi connectivity index (χ0v) is 17.0. The standard InChI is InChI=1S/C27H25NO/c1-27(18-19-10-4-3-5-11-19)23-17-16-20-12-6-7-13-21(20)25(23)22-14-8-9-15-24(22)28(2)26(27)29/h3-15H,16-18H2,1-2H3/t27-/m0/s1. The first-order valence-electron chi connectivity index (χ1n) is 10.3. The predicted octanol–water partition coefficient (Wildman–Crippen LogP) is 5.66. The zero-order chi connectivity index (χ0) is 20.0. The van der Waals surface area contributed by atoms with Crippen molar-refractivity contribution < 1.29 is 4.79 Å². The number of carbonyl (C=O) groups excluding carboxylic acids is 1. The minimum Gasteiger partial charge on any atom is -0.314 e. The number of carbonyl (C=O) groups is 1. The summed E-state index contributed by atoms with van der Waals surface area (Å²) in [7, 11) is 1.93. The molecule has 0 saturated heterocycles. The maximum atomic E-state index is 13.9. The van der Waals surface area contributed by atoms with E-state index in [1.807, 2.05) is 24.1 Å². The molecule has 0 unspecified atom stereocenters. The molecule has 29 heavy (non-hydrogen) atoms. The lowest BCUT2D eigenvalue weighted by Crippen LogP contribution is -2.42. The first-order valence-corrected chi connectivity index (χ1v) is 10.3. The molecule has 2 heteroatoms. The predicted molar refractivity (Wildman–Crippen MR) is 119 cm³/mol. The summed E-state index contributed by atoms with van der Waals surface area (Å²) >= 11 is 0. The average molecular weight is 380 g/mol. The highest BCUT2D eigenvalue weighted by atomic mass is 16.2. The number of nitrogens with zero attached hydrogens (tertiary/aromatic N) is 1. The van der Waals surface area contributed by atoms with Crippen molar-refractivity contribution in [3.05, 3.63) is 107 Å². The van der Waals surface area contributed by atoms with Crippen LogP contribution in [0.4, 0.5) is 5.69 Å². The second-order valence-electron chi connectivity index (χ2n) is 8.39. The molecule has 0 N–H and O–H groups in total. The number of aryl methyl sites for hydroxylation is 1. The average Bonchev–Trinajstić information content (AvgIpc) is 2.83. The summed E-state index contributed by atoms with van der Waals surface area (Å²) in [4.78, 5) is 15.8. The highest BCUT2D eigenvalue weighted by molar-refractivity contribution is 6.07. The number of rotatable bonds is 2. The van der Waals surface area contributed by atoms with Crippen LogP contribution in [0.15, 0.2) is 84.4 Å². The number of benzene rings is 3. The van der Waals surface area contributed by atoms with Crippen LogP contribution in [-0.2, 0) is 17.6 Å². The molecule has 3 aromatic rings. The molecule has 3 aromatic carbocycles. The molecule has 5 rings (SSSR count). The Balaban J connectivity index is 1.81. The number of amides is 1. The van der Waals surface area contributed by atoms with E-state index in [1.165, 1.54) is 33.4 Å². The van der Waals surface area contributed by atoms with Crippen LogP contribution in [0.2, 0.25) is 0 Å². The van der Waals surface area contributed by atoms with Gasteiger partial charge < -0.3 is 4.90 Å². The van der Waals surface area contributed by atoms with Gasteiger partial charge in [0.25, 0.3) is 0 Å². The largest absolute Gasteiger partial charge is 0.314 e. The third kappa shape index (κ3) is 2.74. The normalized spacial score (nSPS) is 20.6. The molecule has 1 atom stereocenters. The van der Waals surface area contributed by atoms with Gasteiger partial charge in [-0.15, -0.1) is 0 Å². The number of para-hydroxylation sites is 1. The molecule has 1 heterocycles. The van der Waals surface area contributed by atoms with Gasteiger partial charge in [0, 0.05) is 12.6 Å². The van der Waals surface area contributed by atoms with Crippen molar-refractivity contribution in [2.75, 3.05) is 11.9 Å². The highest BCUT2D eigenvalue weighted by Gasteiger charge is 2.45. The van der Waals surface area contributed by atoms with E-state index >= 15 is 0 Å². The Hall–Kier alpha value is -3.13. The second-order valence-corrected chi connectivity index (χ2v) is 8.39. The van der Waals surface area contributed by atoms with Gasteiger partial charge in [-0.1, -0.05) is 72.8 Å². The molecule has 0 saturated carbocycles. The summed E-state index contributed by atoms with van der Waals surface area (Å²) in [6.45, 7) is 2.15. The van der Waals surface area contributed by atoms with E-state index in [0.717, 1.165) is 18.5 Å². The van der Waals surface area contributed by atoms with Crippen LogP contribution < -0.4 is 4.90 Å². The van der Waals surface area contributed by atoms with Crippen LogP contribution in [-0.4, -0.2) is 13.0 Å². The second kappa shape index (κ2) is 6.73. The third-order valence-electron chi connectivity index (χ3n) is 6.61. The quantitative estimate of drug-likeness (QED) is 0.562. The van der Waals surface area contributed by atoms with Crippen molar-refractivity contribution in [3.63, 3.8) is 0 Å². The lowest BCUT2D eigenvalue weighted by atomic mass is 9.68. The molecule has 0 aromatic heterocycles. The van der Waals surface area contributed by atoms with Crippen LogP contribution >= 0.6 is 0 Å². The number of anilines is 1. The van der Waals surface area contributed by atoms with E-state index in [4.69, 9.17) is 0 Å². The van der Waals surface area contributed by atoms with E-state index in [1.54, 1.807) is 0 Å². The van der Waals surface area contributed by atoms with E-state index in [0.29, 0.717) is 6.42 Å². The molecule has 144 valence electrons. The van der Waals surface area contributed by atoms with Crippen LogP contribution in [0.1, 0.15) is 35.6 Å². The Bertz CT molecular complexity index is 1130. The monoisotopic (exact) mass is 379 g/mol. The third-order valence-corrected chi connectivity index (χ3v) is 6.61. The van der Waals surface area contributed by atoms with Crippen molar-refractivity contribution >= 4 is 17.2 Å². The molecule has 0 bridgehead atoms. The van der Waals surface area contributed by atoms with E-state index in [-0.39, 0.29) is 5.91 Å². The Morgan fingerprint density at radius 1 is 0.828 bits per heavy atom. The van der Waals surface area contributed by atoms with Gasteiger partial charge in [-0.3, -0.25) is 4.79 Å². The van der Waals surface area contributed by atoms with Gasteiger partial charge >= 0.3 is 0 Å². The van der Waals surface area contributed by atoms with Gasteiger partial charge in [0.2, 0.25) is 5.91 Å². The maximum absolute atomic E-state index is 13.9. The van der Waals surface area contributed by atoms with Crippen molar-refractivity contribution in [1.82, 2.24) is 0 Å². The van der Waals surface area contributed by atoms with Crippen LogP contribution in [0, 0.1) is 5.41 Å². The SMILES string of the molecule is CN1C(=O)[C@@](C)(Cc2ccccc2)C2=C(c3ccccc3CC2)c2ccccc21. The summed E-state index contributed by atoms with van der Waals surface area (Å²) in [5.41, 5.74) is 8.00. The minimum absolute atomic E-state index is 0.179. The minimum atomic E-state index is -0.571. The molecule has 1 amide bonds. The first-order chi connectivity index (χ1) is 14.1. The summed E-state index contributed by atoms with van der Waals surface area (Å²) < 4.78 is 0. The molecular weight excluding hydrogens is 354 g/mol. The van der Waals surface area contributed by atoms with Gasteiger partial charge in [0.1, 0.15) is 0 Å². The lowest BCUT2D eigenvalue weighted by molar-refractivity contribution is -0.125. The highest BCUT2D eigenvalue weighted by Crippen LogP contribution is 2.50. The summed E-state index contributed by atoms with van der Waals surface area (Å²) in [6, 6.07) is 27.4. The lowest BCUT2D eigenvalue weighted by Gasteiger charge is -2.36. The number of fused-ring (bicyclic) bond motifs is 4. The topological polar surface area (TPSA) is 20.3 Å². The van der Waals surface area contributed by atoms with Gasteiger partial charge in [-0.05, 0) is 60.1 Å². The summed E-state index contributed by atoms with van der Waals surface area (Å²) in [5.74, 6) is 0.179. The van der Waals surface area contributed by atoms with Crippen molar-refractivity contribution in [1.29, 1.82) is 0 Å². The van der Waals surface area contributed by atoms with Gasteiger partial charge in [-0.25, -0.2) is 0 Å². The molecule has 1 aliphatic carbocycles. The Kier molecular flexibility index (Phi) is 4.16. The Labute approximate surface area is 172 Å². The Morgan fingerprint density at radius 2 is 1.48 bits per heavy atom. The molecule has 0 spiro atoms.